The highest BCUT2D eigenvalue weighted by atomic mass is 16.5. The molecule has 104 valence electrons. The first-order valence-electron chi connectivity index (χ1n) is 6.02. The molecule has 0 spiro atoms. The van der Waals surface area contributed by atoms with Gasteiger partial charge in [0, 0.05) is 6.04 Å². The minimum atomic E-state index is -0.617. The molecule has 0 aliphatic carbocycles. The third-order valence-electron chi connectivity index (χ3n) is 2.34. The van der Waals surface area contributed by atoms with Crippen molar-refractivity contribution in [2.24, 2.45) is 5.73 Å². The summed E-state index contributed by atoms with van der Waals surface area (Å²) in [5.74, 6) is -0.508. The number of amides is 2. The maximum absolute atomic E-state index is 11.4. The van der Waals surface area contributed by atoms with Crippen LogP contribution in [0.15, 0.2) is 18.2 Å². The lowest BCUT2D eigenvalue weighted by Gasteiger charge is -2.12. The number of benzene rings is 1. The second-order valence-corrected chi connectivity index (χ2v) is 4.41. The highest BCUT2D eigenvalue weighted by molar-refractivity contribution is 5.97. The van der Waals surface area contributed by atoms with Gasteiger partial charge in [-0.15, -0.1) is 0 Å². The molecule has 0 aliphatic heterocycles. The van der Waals surface area contributed by atoms with Crippen LogP contribution in [0.5, 0.6) is 5.75 Å². The number of carbonyl (C=O) groups is 2. The van der Waals surface area contributed by atoms with Gasteiger partial charge >= 0.3 is 0 Å². The number of carbonyl (C=O) groups excluding carboxylic acids is 2. The molecule has 0 heterocycles. The fourth-order valence-electron chi connectivity index (χ4n) is 1.55. The van der Waals surface area contributed by atoms with Crippen LogP contribution in [0.3, 0.4) is 0 Å². The fourth-order valence-corrected chi connectivity index (χ4v) is 1.55. The Kier molecular flexibility index (Phi) is 5.17. The molecular formula is C13H19N3O3. The molecule has 0 aliphatic rings. The van der Waals surface area contributed by atoms with Crippen LogP contribution in [0.4, 0.5) is 5.69 Å². The number of anilines is 1. The average molecular weight is 265 g/mol. The van der Waals surface area contributed by atoms with E-state index in [0.29, 0.717) is 5.69 Å². The predicted octanol–water partition coefficient (Wildman–Crippen LogP) is 0.661. The van der Waals surface area contributed by atoms with E-state index in [-0.39, 0.29) is 36.3 Å². The number of ether oxygens (including phenoxy) is 1. The smallest absolute Gasteiger partial charge is 0.252 e. The quantitative estimate of drug-likeness (QED) is 0.657. The number of rotatable bonds is 6. The van der Waals surface area contributed by atoms with Gasteiger partial charge in [0.25, 0.3) is 5.91 Å². The molecule has 2 amide bonds. The lowest BCUT2D eigenvalue weighted by molar-refractivity contribution is -0.122. The van der Waals surface area contributed by atoms with Gasteiger partial charge in [0.2, 0.25) is 5.91 Å². The van der Waals surface area contributed by atoms with Gasteiger partial charge < -0.3 is 21.5 Å². The predicted molar refractivity (Wildman–Crippen MR) is 72.8 cm³/mol. The van der Waals surface area contributed by atoms with Crippen molar-refractivity contribution in [1.29, 1.82) is 0 Å². The van der Waals surface area contributed by atoms with Crippen LogP contribution in [-0.2, 0) is 4.79 Å². The third-order valence-corrected chi connectivity index (χ3v) is 2.34. The first-order chi connectivity index (χ1) is 8.91. The van der Waals surface area contributed by atoms with Gasteiger partial charge in [-0.1, -0.05) is 6.07 Å². The SMILES string of the molecule is CC(C)NC(=O)CCOc1c(N)cccc1C(N)=O. The number of hydrogen-bond donors (Lipinski definition) is 3. The van der Waals surface area contributed by atoms with Crippen molar-refractivity contribution < 1.29 is 14.3 Å². The summed E-state index contributed by atoms with van der Waals surface area (Å²) in [6.45, 7) is 3.88. The van der Waals surface area contributed by atoms with Crippen molar-refractivity contribution in [3.05, 3.63) is 23.8 Å². The zero-order valence-corrected chi connectivity index (χ0v) is 11.1. The Morgan fingerprint density at radius 2 is 2.05 bits per heavy atom. The second kappa shape index (κ2) is 6.63. The van der Waals surface area contributed by atoms with Gasteiger partial charge in [-0.05, 0) is 26.0 Å². The fraction of sp³-hybridized carbons (Fsp3) is 0.385. The van der Waals surface area contributed by atoms with E-state index in [4.69, 9.17) is 16.2 Å². The van der Waals surface area contributed by atoms with E-state index in [9.17, 15) is 9.59 Å². The molecule has 0 bridgehead atoms. The Bertz CT molecular complexity index is 472. The first kappa shape index (κ1) is 14.8. The van der Waals surface area contributed by atoms with Crippen LogP contribution in [0.2, 0.25) is 0 Å². The van der Waals surface area contributed by atoms with Crippen molar-refractivity contribution in [1.82, 2.24) is 5.32 Å². The average Bonchev–Trinajstić information content (AvgIpc) is 2.29. The van der Waals surface area contributed by atoms with E-state index in [1.807, 2.05) is 13.8 Å². The number of para-hydroxylation sites is 1. The Labute approximate surface area is 112 Å². The van der Waals surface area contributed by atoms with Gasteiger partial charge in [-0.2, -0.15) is 0 Å². The lowest BCUT2D eigenvalue weighted by Crippen LogP contribution is -2.31. The molecule has 0 atom stereocenters. The standard InChI is InChI=1S/C13H19N3O3/c1-8(2)16-11(17)6-7-19-12-9(13(15)18)4-3-5-10(12)14/h3-5,8H,6-7,14H2,1-2H3,(H2,15,18)(H,16,17). The molecule has 6 nitrogen and oxygen atoms in total. The maximum atomic E-state index is 11.4. The van der Waals surface area contributed by atoms with E-state index < -0.39 is 5.91 Å². The van der Waals surface area contributed by atoms with Gasteiger partial charge in [0.15, 0.2) is 5.75 Å². The first-order valence-corrected chi connectivity index (χ1v) is 6.02. The number of hydrogen-bond acceptors (Lipinski definition) is 4. The Morgan fingerprint density at radius 1 is 1.37 bits per heavy atom. The number of nitrogen functional groups attached to an aromatic ring is 1. The zero-order valence-electron chi connectivity index (χ0n) is 11.1. The normalized spacial score (nSPS) is 10.3. The summed E-state index contributed by atoms with van der Waals surface area (Å²) in [6.07, 6.45) is 0.185. The summed E-state index contributed by atoms with van der Waals surface area (Å²) >= 11 is 0. The van der Waals surface area contributed by atoms with Crippen LogP contribution in [0.1, 0.15) is 30.6 Å². The highest BCUT2D eigenvalue weighted by Gasteiger charge is 2.13. The monoisotopic (exact) mass is 265 g/mol. The Hall–Kier alpha value is -2.24. The maximum Gasteiger partial charge on any atom is 0.252 e. The van der Waals surface area contributed by atoms with Gasteiger partial charge in [-0.3, -0.25) is 9.59 Å². The molecule has 5 N–H and O–H groups in total. The summed E-state index contributed by atoms with van der Waals surface area (Å²) in [5.41, 5.74) is 11.5. The topological polar surface area (TPSA) is 107 Å². The molecule has 0 fully saturated rings. The van der Waals surface area contributed by atoms with Crippen LogP contribution in [0.25, 0.3) is 0 Å². The molecule has 0 radical (unpaired) electrons. The van der Waals surface area contributed by atoms with Crippen molar-refractivity contribution in [2.75, 3.05) is 12.3 Å². The molecule has 1 aromatic carbocycles. The number of nitrogens with one attached hydrogen (secondary N) is 1. The lowest BCUT2D eigenvalue weighted by atomic mass is 10.1. The highest BCUT2D eigenvalue weighted by Crippen LogP contribution is 2.25. The van der Waals surface area contributed by atoms with E-state index in [0.717, 1.165) is 0 Å². The van der Waals surface area contributed by atoms with Crippen molar-refractivity contribution in [3.63, 3.8) is 0 Å². The molecular weight excluding hydrogens is 246 g/mol. The van der Waals surface area contributed by atoms with Crippen LogP contribution >= 0.6 is 0 Å². The molecule has 0 saturated heterocycles. The van der Waals surface area contributed by atoms with Crippen LogP contribution < -0.4 is 21.5 Å². The summed E-state index contributed by atoms with van der Waals surface area (Å²) in [7, 11) is 0. The molecule has 0 unspecified atom stereocenters. The van der Waals surface area contributed by atoms with Gasteiger partial charge in [-0.25, -0.2) is 0 Å². The van der Waals surface area contributed by atoms with Crippen molar-refractivity contribution in [3.8, 4) is 5.75 Å². The van der Waals surface area contributed by atoms with Crippen LogP contribution in [0, 0.1) is 0 Å². The van der Waals surface area contributed by atoms with Crippen molar-refractivity contribution >= 4 is 17.5 Å². The summed E-state index contributed by atoms with van der Waals surface area (Å²) in [6, 6.07) is 4.84. The van der Waals surface area contributed by atoms with Crippen LogP contribution in [-0.4, -0.2) is 24.5 Å². The summed E-state index contributed by atoms with van der Waals surface area (Å²) in [5, 5.41) is 2.74. The largest absolute Gasteiger partial charge is 0.490 e. The van der Waals surface area contributed by atoms with E-state index in [2.05, 4.69) is 5.32 Å². The molecule has 0 aromatic heterocycles. The molecule has 1 aromatic rings. The molecule has 6 heteroatoms. The Morgan fingerprint density at radius 3 is 2.63 bits per heavy atom. The third kappa shape index (κ3) is 4.50. The van der Waals surface area contributed by atoms with Gasteiger partial charge in [0.05, 0.1) is 24.3 Å². The zero-order chi connectivity index (χ0) is 14.4. The molecule has 0 saturated carbocycles. The molecule has 19 heavy (non-hydrogen) atoms. The van der Waals surface area contributed by atoms with E-state index in [1.165, 1.54) is 6.07 Å². The number of nitrogens with two attached hydrogens (primary N) is 2. The summed E-state index contributed by atoms with van der Waals surface area (Å²) in [4.78, 5) is 22.7. The summed E-state index contributed by atoms with van der Waals surface area (Å²) < 4.78 is 5.39. The van der Waals surface area contributed by atoms with Crippen molar-refractivity contribution in [2.45, 2.75) is 26.3 Å². The molecule has 1 rings (SSSR count). The number of primary amides is 1. The minimum absolute atomic E-state index is 0.0791. The minimum Gasteiger partial charge on any atom is -0.490 e. The Balaban J connectivity index is 2.63. The van der Waals surface area contributed by atoms with E-state index >= 15 is 0 Å². The second-order valence-electron chi connectivity index (χ2n) is 4.41. The van der Waals surface area contributed by atoms with Gasteiger partial charge in [0.1, 0.15) is 0 Å². The van der Waals surface area contributed by atoms with E-state index in [1.54, 1.807) is 12.1 Å².